The van der Waals surface area contributed by atoms with Crippen LogP contribution in [0.5, 0.6) is 0 Å². The number of hydrogen-bond acceptors (Lipinski definition) is 5. The molecular weight excluding hydrogens is 516 g/mol. The van der Waals surface area contributed by atoms with Gasteiger partial charge in [0.1, 0.15) is 12.2 Å². The number of carboxylic acids is 1. The number of ether oxygens (including phenoxy) is 2. The monoisotopic (exact) mass is 568 g/mol. The van der Waals surface area contributed by atoms with Gasteiger partial charge in [-0.25, -0.2) is 0 Å². The maximum Gasteiger partial charge on any atom is 0.307 e. The molecule has 4 aliphatic rings. The van der Waals surface area contributed by atoms with Crippen molar-refractivity contribution in [2.45, 2.75) is 126 Å². The van der Waals surface area contributed by atoms with Crippen LogP contribution >= 0.6 is 0 Å². The molecule has 0 radical (unpaired) electrons. The summed E-state index contributed by atoms with van der Waals surface area (Å²) < 4.78 is 12.0. The lowest BCUT2D eigenvalue weighted by Crippen LogP contribution is -2.56. The van der Waals surface area contributed by atoms with E-state index in [9.17, 15) is 14.4 Å². The van der Waals surface area contributed by atoms with Crippen LogP contribution in [0.1, 0.15) is 114 Å². The van der Waals surface area contributed by atoms with Crippen LogP contribution in [0, 0.1) is 39.4 Å². The predicted octanol–water partition coefficient (Wildman–Crippen LogP) is 7.82. The summed E-state index contributed by atoms with van der Waals surface area (Å²) in [7, 11) is 0. The van der Waals surface area contributed by atoms with E-state index in [1.165, 1.54) is 25.0 Å². The van der Waals surface area contributed by atoms with Crippen molar-refractivity contribution in [1.82, 2.24) is 0 Å². The van der Waals surface area contributed by atoms with E-state index in [2.05, 4.69) is 59.8 Å². The highest BCUT2D eigenvalue weighted by Crippen LogP contribution is 2.72. The zero-order valence-corrected chi connectivity index (χ0v) is 26.8. The van der Waals surface area contributed by atoms with Crippen LogP contribution in [-0.4, -0.2) is 35.2 Å². The molecule has 0 aromatic rings. The second-order valence-corrected chi connectivity index (χ2v) is 14.8. The minimum Gasteiger partial charge on any atom is -0.481 e. The number of allylic oxidation sites excluding steroid dienone is 4. The normalized spacial score (nSPS) is 38.4. The molecular formula is C35H52O6. The molecule has 0 spiro atoms. The molecule has 0 unspecified atom stereocenters. The molecule has 41 heavy (non-hydrogen) atoms. The van der Waals surface area contributed by atoms with Gasteiger partial charge in [-0.2, -0.15) is 0 Å². The number of carboxylic acid groups (broad SMARTS) is 1. The van der Waals surface area contributed by atoms with Gasteiger partial charge in [0.15, 0.2) is 0 Å². The summed E-state index contributed by atoms with van der Waals surface area (Å²) in [5.41, 5.74) is 3.11. The maximum absolute atomic E-state index is 12.4. The first-order chi connectivity index (χ1) is 19.0. The van der Waals surface area contributed by atoms with E-state index in [-0.39, 0.29) is 52.2 Å². The zero-order valence-electron chi connectivity index (χ0n) is 26.8. The summed E-state index contributed by atoms with van der Waals surface area (Å²) in [4.78, 5) is 35.4. The van der Waals surface area contributed by atoms with Crippen molar-refractivity contribution in [1.29, 1.82) is 0 Å². The molecule has 8 atom stereocenters. The van der Waals surface area contributed by atoms with Gasteiger partial charge in [-0.15, -0.1) is 0 Å². The highest BCUT2D eigenvalue weighted by atomic mass is 16.5. The number of carbonyl (C=O) groups excluding carboxylic acids is 2. The molecule has 0 heterocycles. The Labute approximate surface area is 247 Å². The number of esters is 2. The van der Waals surface area contributed by atoms with Gasteiger partial charge in [-0.1, -0.05) is 65.3 Å². The molecule has 0 amide bonds. The van der Waals surface area contributed by atoms with Crippen LogP contribution in [0.15, 0.2) is 34.9 Å². The van der Waals surface area contributed by atoms with Gasteiger partial charge in [0.05, 0.1) is 6.42 Å². The van der Waals surface area contributed by atoms with Gasteiger partial charge in [0, 0.05) is 24.7 Å². The Morgan fingerprint density at radius 3 is 2.24 bits per heavy atom. The molecule has 4 aliphatic carbocycles. The van der Waals surface area contributed by atoms with Crippen LogP contribution in [0.25, 0.3) is 0 Å². The van der Waals surface area contributed by atoms with Gasteiger partial charge >= 0.3 is 17.9 Å². The van der Waals surface area contributed by atoms with Gasteiger partial charge in [-0.3, -0.25) is 14.4 Å². The van der Waals surface area contributed by atoms with E-state index >= 15 is 0 Å². The number of fused-ring (bicyclic) bond motifs is 5. The van der Waals surface area contributed by atoms with E-state index in [4.69, 9.17) is 14.6 Å². The lowest BCUT2D eigenvalue weighted by molar-refractivity contribution is -0.166. The standard InChI is InChI=1S/C35H52O6/c1-21(19-31(38)39)11-10-12-22(2)27-20-30(41-24(4)37)35(9)26-13-14-28-32(5,6)29(40-23(3)36)16-17-33(28,7)25(26)15-18-34(27,35)8/h11,13,15,22,27-30H,10,12,14,16-20H2,1-9H3,(H,38,39)/t22-,27-,28+,29-,30+,33-,34-,35-/m1/s1. The average molecular weight is 569 g/mol. The van der Waals surface area contributed by atoms with Crippen molar-refractivity contribution in [2.75, 3.05) is 0 Å². The second-order valence-electron chi connectivity index (χ2n) is 14.8. The Morgan fingerprint density at radius 2 is 1.63 bits per heavy atom. The highest BCUT2D eigenvalue weighted by Gasteiger charge is 2.67. The SMILES string of the molecule is CC(=O)O[C@H]1C[C@H]([C@H](C)CCC=C(C)CC(=O)O)[C@@]2(C)CC=C3C(=CC[C@H]4C(C)(C)[C@H](OC(C)=O)CC[C@]34C)[C@]12C. The Balaban J connectivity index is 1.69. The Bertz CT molecular complexity index is 1180. The molecule has 1 N–H and O–H groups in total. The molecule has 0 bridgehead atoms. The molecule has 6 heteroatoms. The van der Waals surface area contributed by atoms with Gasteiger partial charge in [-0.05, 0) is 91.6 Å². The first-order valence-electron chi connectivity index (χ1n) is 15.6. The minimum atomic E-state index is -0.792. The van der Waals surface area contributed by atoms with E-state index < -0.39 is 5.97 Å². The smallest absolute Gasteiger partial charge is 0.307 e. The predicted molar refractivity (Wildman–Crippen MR) is 160 cm³/mol. The third-order valence-corrected chi connectivity index (χ3v) is 12.1. The summed E-state index contributed by atoms with van der Waals surface area (Å²) in [5.74, 6) is -0.111. The van der Waals surface area contributed by atoms with Crippen molar-refractivity contribution >= 4 is 17.9 Å². The molecule has 4 rings (SSSR count). The number of carbonyl (C=O) groups is 3. The van der Waals surface area contributed by atoms with Crippen LogP contribution in [0.3, 0.4) is 0 Å². The van der Waals surface area contributed by atoms with Crippen molar-refractivity contribution < 1.29 is 29.0 Å². The lowest BCUT2D eigenvalue weighted by Gasteiger charge is -2.61. The number of rotatable bonds is 8. The third kappa shape index (κ3) is 5.22. The number of aliphatic carboxylic acids is 1. The molecule has 0 aromatic carbocycles. The van der Waals surface area contributed by atoms with Crippen molar-refractivity contribution in [2.24, 2.45) is 39.4 Å². The fourth-order valence-corrected chi connectivity index (χ4v) is 9.78. The first-order valence-corrected chi connectivity index (χ1v) is 15.6. The topological polar surface area (TPSA) is 89.9 Å². The fourth-order valence-electron chi connectivity index (χ4n) is 9.78. The van der Waals surface area contributed by atoms with Crippen molar-refractivity contribution in [3.63, 3.8) is 0 Å². The lowest BCUT2D eigenvalue weighted by atomic mass is 9.44. The largest absolute Gasteiger partial charge is 0.481 e. The zero-order chi connectivity index (χ0) is 30.5. The van der Waals surface area contributed by atoms with Gasteiger partial charge in [0.25, 0.3) is 0 Å². The summed E-state index contributed by atoms with van der Waals surface area (Å²) in [6, 6.07) is 0. The second kappa shape index (κ2) is 11.0. The molecule has 228 valence electrons. The van der Waals surface area contributed by atoms with Crippen molar-refractivity contribution in [3.05, 3.63) is 34.9 Å². The Kier molecular flexibility index (Phi) is 8.50. The third-order valence-electron chi connectivity index (χ3n) is 12.1. The van der Waals surface area contributed by atoms with Crippen LogP contribution < -0.4 is 0 Å². The Hall–Kier alpha value is -2.37. The summed E-state index contributed by atoms with van der Waals surface area (Å²) in [6.07, 6.45) is 13.2. The maximum atomic E-state index is 12.4. The van der Waals surface area contributed by atoms with Crippen LogP contribution in [0.4, 0.5) is 0 Å². The van der Waals surface area contributed by atoms with Crippen molar-refractivity contribution in [3.8, 4) is 0 Å². The van der Waals surface area contributed by atoms with Gasteiger partial charge in [0.2, 0.25) is 0 Å². The van der Waals surface area contributed by atoms with E-state index in [0.29, 0.717) is 17.8 Å². The quantitative estimate of drug-likeness (QED) is 0.237. The number of hydrogen-bond donors (Lipinski definition) is 1. The fraction of sp³-hybridized carbons (Fsp3) is 0.743. The average Bonchev–Trinajstić information content (AvgIpc) is 3.07. The van der Waals surface area contributed by atoms with E-state index in [0.717, 1.165) is 50.5 Å². The molecule has 6 nitrogen and oxygen atoms in total. The van der Waals surface area contributed by atoms with E-state index in [1.807, 2.05) is 6.92 Å². The molecule has 0 aromatic heterocycles. The van der Waals surface area contributed by atoms with Gasteiger partial charge < -0.3 is 14.6 Å². The van der Waals surface area contributed by atoms with E-state index in [1.54, 1.807) is 0 Å². The summed E-state index contributed by atoms with van der Waals surface area (Å²) in [5, 5.41) is 9.11. The first kappa shape index (κ1) is 31.6. The molecule has 0 aliphatic heterocycles. The molecule has 0 saturated heterocycles. The van der Waals surface area contributed by atoms with Crippen LogP contribution in [0.2, 0.25) is 0 Å². The Morgan fingerprint density at radius 1 is 1.00 bits per heavy atom. The summed E-state index contributed by atoms with van der Waals surface area (Å²) in [6.45, 7) is 18.9. The van der Waals surface area contributed by atoms with Crippen LogP contribution in [-0.2, 0) is 23.9 Å². The minimum absolute atomic E-state index is 0.0362. The molecule has 2 fully saturated rings. The summed E-state index contributed by atoms with van der Waals surface area (Å²) >= 11 is 0. The molecule has 2 saturated carbocycles. The highest BCUT2D eigenvalue weighted by molar-refractivity contribution is 5.69.